The van der Waals surface area contributed by atoms with Gasteiger partial charge in [-0.25, -0.2) is 0 Å². The minimum atomic E-state index is -4.74. The zero-order valence-corrected chi connectivity index (χ0v) is 18.9. The number of halogens is 3. The van der Waals surface area contributed by atoms with Crippen LogP contribution in [0.2, 0.25) is 0 Å². The van der Waals surface area contributed by atoms with Gasteiger partial charge in [0.2, 0.25) is 17.6 Å². The number of piperazine rings is 1. The van der Waals surface area contributed by atoms with E-state index in [-0.39, 0.29) is 11.7 Å². The molecule has 0 N–H and O–H groups in total. The number of carbonyl (C=O) groups is 1. The topological polar surface area (TPSA) is 80.9 Å². The zero-order valence-electron chi connectivity index (χ0n) is 18.9. The molecule has 1 amide bonds. The maximum Gasteiger partial charge on any atom is 0.573 e. The Labute approximate surface area is 199 Å². The molecule has 0 atom stereocenters. The van der Waals surface area contributed by atoms with Gasteiger partial charge in [-0.3, -0.25) is 9.69 Å². The Balaban J connectivity index is 1.25. The Hall–Kier alpha value is -3.86. The van der Waals surface area contributed by atoms with Crippen molar-refractivity contribution in [3.63, 3.8) is 0 Å². The van der Waals surface area contributed by atoms with Crippen molar-refractivity contribution in [1.82, 2.24) is 19.9 Å². The van der Waals surface area contributed by atoms with Crippen LogP contribution < -0.4 is 9.47 Å². The number of carbonyl (C=O) groups excluding carboxylic acids is 1. The molecule has 1 aliphatic rings. The third-order valence-electron chi connectivity index (χ3n) is 5.39. The van der Waals surface area contributed by atoms with Crippen molar-refractivity contribution in [3.05, 3.63) is 66.1 Å². The first-order valence-electron chi connectivity index (χ1n) is 10.8. The molecule has 1 saturated heterocycles. The summed E-state index contributed by atoms with van der Waals surface area (Å²) in [6.07, 6.45) is -1.77. The highest BCUT2D eigenvalue weighted by Gasteiger charge is 2.31. The summed E-state index contributed by atoms with van der Waals surface area (Å²) in [7, 11) is 1.60. The number of hydrogen-bond donors (Lipinski definition) is 0. The highest BCUT2D eigenvalue weighted by atomic mass is 19.4. The Morgan fingerprint density at radius 3 is 2.31 bits per heavy atom. The van der Waals surface area contributed by atoms with E-state index in [1.807, 2.05) is 24.3 Å². The Morgan fingerprint density at radius 1 is 1.03 bits per heavy atom. The highest BCUT2D eigenvalue weighted by molar-refractivity contribution is 5.91. The fourth-order valence-electron chi connectivity index (χ4n) is 3.55. The predicted octanol–water partition coefficient (Wildman–Crippen LogP) is 4.00. The molecule has 1 aliphatic heterocycles. The van der Waals surface area contributed by atoms with Crippen molar-refractivity contribution >= 4 is 12.0 Å². The van der Waals surface area contributed by atoms with Crippen molar-refractivity contribution in [1.29, 1.82) is 0 Å². The van der Waals surface area contributed by atoms with Gasteiger partial charge in [0.05, 0.1) is 13.7 Å². The van der Waals surface area contributed by atoms with Crippen LogP contribution in [0, 0.1) is 0 Å². The fourth-order valence-corrected chi connectivity index (χ4v) is 3.55. The van der Waals surface area contributed by atoms with Gasteiger partial charge in [-0.15, -0.1) is 13.2 Å². The van der Waals surface area contributed by atoms with Crippen LogP contribution in [-0.4, -0.2) is 65.5 Å². The zero-order chi connectivity index (χ0) is 24.8. The van der Waals surface area contributed by atoms with E-state index < -0.39 is 6.36 Å². The number of benzene rings is 2. The molecule has 0 aliphatic carbocycles. The summed E-state index contributed by atoms with van der Waals surface area (Å²) >= 11 is 0. The highest BCUT2D eigenvalue weighted by Crippen LogP contribution is 2.23. The molecule has 8 nitrogen and oxygen atoms in total. The van der Waals surface area contributed by atoms with E-state index in [0.29, 0.717) is 50.0 Å². The molecule has 2 aromatic carbocycles. The summed E-state index contributed by atoms with van der Waals surface area (Å²) in [5, 5.41) is 4.04. The monoisotopic (exact) mass is 488 g/mol. The van der Waals surface area contributed by atoms with Crippen LogP contribution in [0.5, 0.6) is 11.5 Å². The average Bonchev–Trinajstić information content (AvgIpc) is 3.31. The molecular formula is C24H23F3N4O4. The van der Waals surface area contributed by atoms with Gasteiger partial charge in [0, 0.05) is 37.8 Å². The summed E-state index contributed by atoms with van der Waals surface area (Å²) in [6.45, 7) is 2.82. The Bertz CT molecular complexity index is 1150. The van der Waals surface area contributed by atoms with Gasteiger partial charge in [-0.2, -0.15) is 4.98 Å². The van der Waals surface area contributed by atoms with Crippen molar-refractivity contribution in [2.24, 2.45) is 0 Å². The third kappa shape index (κ3) is 6.82. The van der Waals surface area contributed by atoms with Crippen LogP contribution in [0.15, 0.2) is 59.1 Å². The predicted molar refractivity (Wildman–Crippen MR) is 120 cm³/mol. The van der Waals surface area contributed by atoms with E-state index >= 15 is 0 Å². The van der Waals surface area contributed by atoms with Gasteiger partial charge < -0.3 is 18.9 Å². The van der Waals surface area contributed by atoms with Gasteiger partial charge >= 0.3 is 6.36 Å². The first-order valence-corrected chi connectivity index (χ1v) is 10.8. The molecule has 3 aromatic rings. The van der Waals surface area contributed by atoms with Crippen LogP contribution in [-0.2, 0) is 11.3 Å². The lowest BCUT2D eigenvalue weighted by Gasteiger charge is -2.33. The summed E-state index contributed by atoms with van der Waals surface area (Å²) in [5.74, 6) is 1.26. The minimum absolute atomic E-state index is 0.167. The smallest absolute Gasteiger partial charge is 0.497 e. The number of hydrogen-bond acceptors (Lipinski definition) is 7. The molecule has 11 heteroatoms. The molecule has 35 heavy (non-hydrogen) atoms. The number of ether oxygens (including phenoxy) is 2. The van der Waals surface area contributed by atoms with Crippen molar-refractivity contribution in [2.75, 3.05) is 33.3 Å². The molecule has 0 bridgehead atoms. The molecule has 0 unspecified atom stereocenters. The van der Waals surface area contributed by atoms with Crippen molar-refractivity contribution in [2.45, 2.75) is 12.9 Å². The van der Waals surface area contributed by atoms with Gasteiger partial charge in [-0.1, -0.05) is 17.3 Å². The van der Waals surface area contributed by atoms with E-state index in [1.165, 1.54) is 30.3 Å². The van der Waals surface area contributed by atoms with Crippen LogP contribution >= 0.6 is 0 Å². The number of alkyl halides is 3. The Kier molecular flexibility index (Phi) is 7.35. The van der Waals surface area contributed by atoms with Crippen LogP contribution in [0.3, 0.4) is 0 Å². The first-order chi connectivity index (χ1) is 16.8. The normalized spacial score (nSPS) is 14.9. The lowest BCUT2D eigenvalue weighted by atomic mass is 10.2. The standard InChI is InChI=1S/C24H23F3N4O4/c1-33-19-9-5-18(6-10-19)23-28-21(35-29-23)16-30-12-14-31(15-13-30)22(32)11-4-17-2-7-20(8-3-17)34-24(25,26)27/h2-11H,12-16H2,1H3/b11-4+. The summed E-state index contributed by atoms with van der Waals surface area (Å²) in [4.78, 5) is 20.8. The van der Waals surface area contributed by atoms with Gasteiger partial charge in [-0.05, 0) is 48.0 Å². The molecule has 0 saturated carbocycles. The SMILES string of the molecule is COc1ccc(-c2noc(CN3CCN(C(=O)/C=C/c4ccc(OC(F)(F)F)cc4)CC3)n2)cc1. The first kappa shape index (κ1) is 24.3. The van der Waals surface area contributed by atoms with Crippen molar-refractivity contribution < 1.29 is 32.0 Å². The van der Waals surface area contributed by atoms with Crippen LogP contribution in [0.4, 0.5) is 13.2 Å². The largest absolute Gasteiger partial charge is 0.573 e. The van der Waals surface area contributed by atoms with Gasteiger partial charge in [0.15, 0.2) is 0 Å². The summed E-state index contributed by atoms with van der Waals surface area (Å²) in [6, 6.07) is 12.7. The van der Waals surface area contributed by atoms with E-state index in [1.54, 1.807) is 18.1 Å². The van der Waals surface area contributed by atoms with E-state index in [9.17, 15) is 18.0 Å². The number of amides is 1. The molecule has 184 valence electrons. The lowest BCUT2D eigenvalue weighted by Crippen LogP contribution is -2.47. The number of rotatable bonds is 7. The number of methoxy groups -OCH3 is 1. The maximum atomic E-state index is 12.5. The maximum absolute atomic E-state index is 12.5. The molecular weight excluding hydrogens is 465 g/mol. The quantitative estimate of drug-likeness (QED) is 0.465. The van der Waals surface area contributed by atoms with Crippen molar-refractivity contribution in [3.8, 4) is 22.9 Å². The summed E-state index contributed by atoms with van der Waals surface area (Å²) < 4.78 is 51.1. The lowest BCUT2D eigenvalue weighted by molar-refractivity contribution is -0.274. The number of aromatic nitrogens is 2. The second kappa shape index (κ2) is 10.6. The molecule has 0 radical (unpaired) electrons. The molecule has 1 fully saturated rings. The molecule has 1 aromatic heterocycles. The van der Waals surface area contributed by atoms with E-state index in [0.717, 1.165) is 11.3 Å². The fraction of sp³-hybridized carbons (Fsp3) is 0.292. The van der Waals surface area contributed by atoms with E-state index in [4.69, 9.17) is 9.26 Å². The second-order valence-corrected chi connectivity index (χ2v) is 7.79. The third-order valence-corrected chi connectivity index (χ3v) is 5.39. The van der Waals surface area contributed by atoms with Gasteiger partial charge in [0.1, 0.15) is 11.5 Å². The Morgan fingerprint density at radius 2 is 1.69 bits per heavy atom. The molecule has 4 rings (SSSR count). The van der Waals surface area contributed by atoms with Crippen LogP contribution in [0.1, 0.15) is 11.5 Å². The number of nitrogens with zero attached hydrogens (tertiary/aromatic N) is 4. The molecule has 0 spiro atoms. The van der Waals surface area contributed by atoms with Gasteiger partial charge in [0.25, 0.3) is 0 Å². The second-order valence-electron chi connectivity index (χ2n) is 7.79. The minimum Gasteiger partial charge on any atom is -0.497 e. The van der Waals surface area contributed by atoms with E-state index in [2.05, 4.69) is 19.8 Å². The molecule has 2 heterocycles. The van der Waals surface area contributed by atoms with Crippen LogP contribution in [0.25, 0.3) is 17.5 Å². The summed E-state index contributed by atoms with van der Waals surface area (Å²) in [5.41, 5.74) is 1.42. The average molecular weight is 488 g/mol.